The van der Waals surface area contributed by atoms with Gasteiger partial charge < -0.3 is 14.5 Å². The van der Waals surface area contributed by atoms with Crippen LogP contribution >= 0.6 is 0 Å². The zero-order valence-electron chi connectivity index (χ0n) is 22.6. The number of methoxy groups -OCH3 is 1. The van der Waals surface area contributed by atoms with Crippen molar-refractivity contribution in [3.63, 3.8) is 0 Å². The number of fused-ring (bicyclic) bond motifs is 1. The first kappa shape index (κ1) is 25.9. The maximum atomic E-state index is 13.6. The second kappa shape index (κ2) is 10.3. The van der Waals surface area contributed by atoms with Gasteiger partial charge in [0, 0.05) is 17.2 Å². The Morgan fingerprint density at radius 3 is 2.48 bits per heavy atom. The number of terminal acetylenes is 1. The summed E-state index contributed by atoms with van der Waals surface area (Å²) in [5.74, 6) is 3.37. The number of carbonyl (C=O) groups excluding carboxylic acids is 2. The summed E-state index contributed by atoms with van der Waals surface area (Å²) in [5.41, 5.74) is 1.98. The second-order valence-electron chi connectivity index (χ2n) is 11.1. The molecule has 0 aliphatic heterocycles. The van der Waals surface area contributed by atoms with Crippen LogP contribution in [0.4, 0.5) is 0 Å². The third-order valence-electron chi connectivity index (χ3n) is 8.42. The van der Waals surface area contributed by atoms with Crippen LogP contribution in [0.25, 0.3) is 27.8 Å². The van der Waals surface area contributed by atoms with Crippen LogP contribution in [0.2, 0.25) is 0 Å². The Morgan fingerprint density at radius 2 is 1.80 bits per heavy atom. The van der Waals surface area contributed by atoms with Crippen molar-refractivity contribution in [1.29, 1.82) is 0 Å². The number of amides is 1. The molecule has 0 spiro atoms. The van der Waals surface area contributed by atoms with Crippen LogP contribution in [0.15, 0.2) is 59.5 Å². The minimum Gasteiger partial charge on any atom is -0.494 e. The van der Waals surface area contributed by atoms with Crippen LogP contribution in [-0.2, 0) is 4.79 Å². The van der Waals surface area contributed by atoms with Gasteiger partial charge >= 0.3 is 0 Å². The normalized spacial score (nSPS) is 17.5. The smallest absolute Gasteiger partial charge is 0.287 e. The van der Waals surface area contributed by atoms with E-state index >= 15 is 0 Å². The van der Waals surface area contributed by atoms with E-state index in [0.717, 1.165) is 60.7 Å². The van der Waals surface area contributed by atoms with E-state index in [1.807, 2.05) is 36.4 Å². The molecule has 8 heteroatoms. The van der Waals surface area contributed by atoms with Crippen LogP contribution in [0, 0.1) is 17.8 Å². The number of nitrogens with one attached hydrogen (secondary N) is 1. The standard InChI is InChI=1S/C32H32N4O4/c1-3-31(14-15-31)19-29(37)32(12-6-4-5-7-13-32)35-30(38)28-18-24-9-8-22(16-26(24)40-28)23-10-11-25(27(17-23)39-2)36-21-33-20-34-36/h1,8-11,16-18,20-21H,4-7,12-15,19H2,2H3,(H,35,38). The highest BCUT2D eigenvalue weighted by molar-refractivity contribution is 6.01. The molecule has 0 atom stereocenters. The predicted octanol–water partition coefficient (Wildman–Crippen LogP) is 5.88. The summed E-state index contributed by atoms with van der Waals surface area (Å²) < 4.78 is 13.3. The lowest BCUT2D eigenvalue weighted by Gasteiger charge is -2.33. The molecular formula is C32H32N4O4. The first-order valence-electron chi connectivity index (χ1n) is 13.8. The van der Waals surface area contributed by atoms with Gasteiger partial charge in [0.15, 0.2) is 11.5 Å². The molecule has 40 heavy (non-hydrogen) atoms. The number of hydrogen-bond donors (Lipinski definition) is 1. The molecule has 2 aromatic heterocycles. The lowest BCUT2D eigenvalue weighted by Crippen LogP contribution is -2.54. The minimum atomic E-state index is -0.896. The van der Waals surface area contributed by atoms with E-state index in [9.17, 15) is 9.59 Å². The molecule has 0 saturated heterocycles. The van der Waals surface area contributed by atoms with Gasteiger partial charge in [-0.25, -0.2) is 9.67 Å². The fourth-order valence-electron chi connectivity index (χ4n) is 5.79. The molecule has 8 nitrogen and oxygen atoms in total. The Bertz CT molecular complexity index is 1600. The van der Waals surface area contributed by atoms with E-state index in [2.05, 4.69) is 21.3 Å². The number of rotatable bonds is 8. The van der Waals surface area contributed by atoms with Crippen molar-refractivity contribution < 1.29 is 18.7 Å². The van der Waals surface area contributed by atoms with E-state index < -0.39 is 5.54 Å². The number of Topliss-reactive ketones (excluding diaryl/α,β-unsaturated/α-hetero) is 1. The van der Waals surface area contributed by atoms with Gasteiger partial charge in [0.2, 0.25) is 0 Å². The highest BCUT2D eigenvalue weighted by atomic mass is 16.5. The lowest BCUT2D eigenvalue weighted by molar-refractivity contribution is -0.126. The van der Waals surface area contributed by atoms with E-state index in [0.29, 0.717) is 30.6 Å². The summed E-state index contributed by atoms with van der Waals surface area (Å²) in [6.07, 6.45) is 16.1. The highest BCUT2D eigenvalue weighted by Crippen LogP contribution is 2.49. The van der Waals surface area contributed by atoms with Crippen molar-refractivity contribution in [2.75, 3.05) is 7.11 Å². The molecule has 1 amide bonds. The van der Waals surface area contributed by atoms with Crippen molar-refractivity contribution >= 4 is 22.7 Å². The summed E-state index contributed by atoms with van der Waals surface area (Å²) in [4.78, 5) is 31.1. The van der Waals surface area contributed by atoms with E-state index in [-0.39, 0.29) is 22.9 Å². The lowest BCUT2D eigenvalue weighted by atomic mass is 9.80. The molecule has 2 heterocycles. The Kier molecular flexibility index (Phi) is 6.67. The largest absolute Gasteiger partial charge is 0.494 e. The molecule has 2 aromatic carbocycles. The number of hydrogen-bond acceptors (Lipinski definition) is 6. The van der Waals surface area contributed by atoms with Crippen LogP contribution < -0.4 is 10.1 Å². The zero-order valence-corrected chi connectivity index (χ0v) is 22.6. The molecule has 2 saturated carbocycles. The van der Waals surface area contributed by atoms with Gasteiger partial charge in [0.05, 0.1) is 12.6 Å². The van der Waals surface area contributed by atoms with E-state index in [1.165, 1.54) is 6.33 Å². The maximum absolute atomic E-state index is 13.6. The van der Waals surface area contributed by atoms with E-state index in [4.69, 9.17) is 15.6 Å². The van der Waals surface area contributed by atoms with E-state index in [1.54, 1.807) is 24.2 Å². The third-order valence-corrected chi connectivity index (χ3v) is 8.42. The van der Waals surface area contributed by atoms with Crippen molar-refractivity contribution in [2.45, 2.75) is 63.3 Å². The Balaban J connectivity index is 1.26. The summed E-state index contributed by atoms with van der Waals surface area (Å²) in [5, 5.41) is 8.12. The summed E-state index contributed by atoms with van der Waals surface area (Å²) >= 11 is 0. The summed E-state index contributed by atoms with van der Waals surface area (Å²) in [6.45, 7) is 0. The molecule has 2 fully saturated rings. The molecule has 6 rings (SSSR count). The van der Waals surface area contributed by atoms with Gasteiger partial charge in [0.1, 0.15) is 29.7 Å². The highest BCUT2D eigenvalue weighted by Gasteiger charge is 2.48. The number of nitrogens with zero attached hydrogens (tertiary/aromatic N) is 3. The molecule has 0 bridgehead atoms. The molecule has 2 aliphatic carbocycles. The van der Waals surface area contributed by atoms with Crippen molar-refractivity contribution in [3.8, 4) is 34.9 Å². The van der Waals surface area contributed by atoms with Crippen LogP contribution in [-0.4, -0.2) is 39.1 Å². The molecule has 204 valence electrons. The number of furan rings is 1. The number of ether oxygens (including phenoxy) is 1. The Labute approximate surface area is 233 Å². The van der Waals surface area contributed by atoms with Crippen molar-refractivity contribution in [2.24, 2.45) is 5.41 Å². The minimum absolute atomic E-state index is 0.0554. The van der Waals surface area contributed by atoms with Crippen molar-refractivity contribution in [1.82, 2.24) is 20.1 Å². The SMILES string of the molecule is C#CC1(CC(=O)C2(NC(=O)c3cc4ccc(-c5ccc(-n6cncn6)c(OC)c5)cc4o3)CCCCCC2)CC1. The van der Waals surface area contributed by atoms with Gasteiger partial charge in [-0.15, -0.1) is 6.42 Å². The molecular weight excluding hydrogens is 504 g/mol. The number of aromatic nitrogens is 3. The Morgan fingerprint density at radius 1 is 1.05 bits per heavy atom. The number of ketones is 1. The fraction of sp³-hybridized carbons (Fsp3) is 0.375. The second-order valence-corrected chi connectivity index (χ2v) is 11.1. The number of carbonyl (C=O) groups is 2. The topological polar surface area (TPSA) is 99.2 Å². The van der Waals surface area contributed by atoms with Gasteiger partial charge in [0.25, 0.3) is 5.91 Å². The third kappa shape index (κ3) is 4.88. The monoisotopic (exact) mass is 536 g/mol. The quantitative estimate of drug-likeness (QED) is 0.223. The van der Waals surface area contributed by atoms with Gasteiger partial charge in [-0.2, -0.15) is 5.10 Å². The predicted molar refractivity (Wildman–Crippen MR) is 151 cm³/mol. The summed E-state index contributed by atoms with van der Waals surface area (Å²) in [7, 11) is 1.61. The average Bonchev–Trinajstić information content (AvgIpc) is 3.39. The first-order chi connectivity index (χ1) is 19.4. The van der Waals surface area contributed by atoms with Crippen LogP contribution in [0.1, 0.15) is 68.3 Å². The van der Waals surface area contributed by atoms with Gasteiger partial charge in [-0.05, 0) is 61.1 Å². The molecule has 2 aliphatic rings. The van der Waals surface area contributed by atoms with Crippen LogP contribution in [0.5, 0.6) is 5.75 Å². The van der Waals surface area contributed by atoms with Gasteiger partial charge in [-0.1, -0.05) is 49.8 Å². The Hall–Kier alpha value is -4.38. The number of benzene rings is 2. The average molecular weight is 537 g/mol. The fourth-order valence-corrected chi connectivity index (χ4v) is 5.79. The summed E-state index contributed by atoms with van der Waals surface area (Å²) in [6, 6.07) is 13.4. The maximum Gasteiger partial charge on any atom is 0.287 e. The van der Waals surface area contributed by atoms with Gasteiger partial charge in [-0.3, -0.25) is 9.59 Å². The van der Waals surface area contributed by atoms with Crippen molar-refractivity contribution in [3.05, 3.63) is 60.9 Å². The molecule has 0 unspecified atom stereocenters. The molecule has 1 N–H and O–H groups in total. The zero-order chi connectivity index (χ0) is 27.7. The molecule has 0 radical (unpaired) electrons. The van der Waals surface area contributed by atoms with Crippen LogP contribution in [0.3, 0.4) is 0 Å². The molecule has 4 aromatic rings. The first-order valence-corrected chi connectivity index (χ1v) is 13.8.